The van der Waals surface area contributed by atoms with E-state index in [0.717, 1.165) is 42.9 Å². The summed E-state index contributed by atoms with van der Waals surface area (Å²) in [6.45, 7) is 1.69. The molecule has 1 saturated heterocycles. The van der Waals surface area contributed by atoms with Crippen molar-refractivity contribution >= 4 is 17.4 Å². The van der Waals surface area contributed by atoms with E-state index in [-0.39, 0.29) is 6.04 Å². The minimum Gasteiger partial charge on any atom is -0.409 e. The molecule has 1 unspecified atom stereocenters. The minimum absolute atomic E-state index is 0.0139. The molecule has 1 fully saturated rings. The van der Waals surface area contributed by atoms with Gasteiger partial charge < -0.3 is 10.9 Å². The molecule has 0 spiro atoms. The first kappa shape index (κ1) is 13.2. The van der Waals surface area contributed by atoms with Crippen molar-refractivity contribution in [1.29, 1.82) is 0 Å². The Morgan fingerprint density at radius 3 is 2.94 bits per heavy atom. The van der Waals surface area contributed by atoms with Crippen LogP contribution in [-0.2, 0) is 6.54 Å². The lowest BCUT2D eigenvalue weighted by atomic mass is 10.0. The Labute approximate surface area is 112 Å². The predicted molar refractivity (Wildman–Crippen MR) is 72.9 cm³/mol. The first-order valence-electron chi connectivity index (χ1n) is 6.17. The zero-order valence-corrected chi connectivity index (χ0v) is 11.0. The van der Waals surface area contributed by atoms with Gasteiger partial charge >= 0.3 is 0 Å². The van der Waals surface area contributed by atoms with Crippen LogP contribution in [-0.4, -0.2) is 28.5 Å². The van der Waals surface area contributed by atoms with Crippen molar-refractivity contribution in [1.82, 2.24) is 4.90 Å². The molecule has 1 aliphatic rings. The van der Waals surface area contributed by atoms with E-state index in [1.165, 1.54) is 0 Å². The summed E-state index contributed by atoms with van der Waals surface area (Å²) in [6, 6.07) is 7.81. The van der Waals surface area contributed by atoms with Gasteiger partial charge in [-0.3, -0.25) is 4.90 Å². The van der Waals surface area contributed by atoms with Crippen LogP contribution < -0.4 is 5.73 Å². The fraction of sp³-hybridized carbons (Fsp3) is 0.462. The summed E-state index contributed by atoms with van der Waals surface area (Å²) in [5.74, 6) is 0.293. The van der Waals surface area contributed by atoms with E-state index in [0.29, 0.717) is 5.84 Å². The third kappa shape index (κ3) is 2.94. The van der Waals surface area contributed by atoms with E-state index < -0.39 is 0 Å². The van der Waals surface area contributed by atoms with E-state index in [2.05, 4.69) is 10.1 Å². The molecule has 2 rings (SSSR count). The van der Waals surface area contributed by atoms with Crippen molar-refractivity contribution in [2.24, 2.45) is 10.9 Å². The van der Waals surface area contributed by atoms with Crippen LogP contribution in [0.25, 0.3) is 0 Å². The number of benzene rings is 1. The highest BCUT2D eigenvalue weighted by Crippen LogP contribution is 2.23. The second kappa shape index (κ2) is 6.07. The zero-order chi connectivity index (χ0) is 13.0. The van der Waals surface area contributed by atoms with E-state index in [1.54, 1.807) is 0 Å². The first-order valence-corrected chi connectivity index (χ1v) is 6.55. The molecule has 0 radical (unpaired) electrons. The zero-order valence-electron chi connectivity index (χ0n) is 10.2. The summed E-state index contributed by atoms with van der Waals surface area (Å²) in [5, 5.41) is 12.7. The van der Waals surface area contributed by atoms with Gasteiger partial charge in [0.15, 0.2) is 5.84 Å². The minimum atomic E-state index is 0.0139. The van der Waals surface area contributed by atoms with Crippen LogP contribution in [0.1, 0.15) is 24.8 Å². The van der Waals surface area contributed by atoms with Gasteiger partial charge in [-0.1, -0.05) is 41.4 Å². The normalized spacial score (nSPS) is 22.1. The van der Waals surface area contributed by atoms with E-state index in [4.69, 9.17) is 22.5 Å². The fourth-order valence-corrected chi connectivity index (χ4v) is 2.62. The highest BCUT2D eigenvalue weighted by atomic mass is 35.5. The molecule has 5 heteroatoms. The SMILES string of the molecule is NC(=NO)C1CCCCN1Cc1ccccc1Cl. The number of nitrogens with two attached hydrogens (primary N) is 1. The summed E-state index contributed by atoms with van der Waals surface area (Å²) < 4.78 is 0. The molecule has 1 atom stereocenters. The first-order chi connectivity index (χ1) is 8.72. The van der Waals surface area contributed by atoms with E-state index in [9.17, 15) is 0 Å². The number of halogens is 1. The molecule has 0 aliphatic carbocycles. The maximum Gasteiger partial charge on any atom is 0.156 e. The molecule has 0 aromatic heterocycles. The van der Waals surface area contributed by atoms with Gasteiger partial charge in [-0.25, -0.2) is 0 Å². The van der Waals surface area contributed by atoms with Gasteiger partial charge in [0.2, 0.25) is 0 Å². The molecule has 1 aromatic rings. The lowest BCUT2D eigenvalue weighted by molar-refractivity contribution is 0.178. The van der Waals surface area contributed by atoms with Crippen LogP contribution >= 0.6 is 11.6 Å². The van der Waals surface area contributed by atoms with Crippen LogP contribution in [0.3, 0.4) is 0 Å². The Balaban J connectivity index is 2.13. The average Bonchev–Trinajstić information content (AvgIpc) is 2.41. The summed E-state index contributed by atoms with van der Waals surface area (Å²) in [7, 11) is 0. The van der Waals surface area contributed by atoms with Gasteiger partial charge in [0.25, 0.3) is 0 Å². The van der Waals surface area contributed by atoms with Crippen molar-refractivity contribution in [2.75, 3.05) is 6.54 Å². The van der Waals surface area contributed by atoms with Gasteiger partial charge in [0.05, 0.1) is 6.04 Å². The molecule has 4 nitrogen and oxygen atoms in total. The summed E-state index contributed by atoms with van der Waals surface area (Å²) in [5.41, 5.74) is 6.84. The van der Waals surface area contributed by atoms with Crippen LogP contribution in [0.4, 0.5) is 0 Å². The standard InChI is InChI=1S/C13H18ClN3O/c14-11-6-2-1-5-10(11)9-17-8-4-3-7-12(17)13(15)16-18/h1-2,5-6,12,18H,3-4,7-9H2,(H2,15,16). The van der Waals surface area contributed by atoms with Gasteiger partial charge in [-0.05, 0) is 31.0 Å². The third-order valence-corrected chi connectivity index (χ3v) is 3.77. The van der Waals surface area contributed by atoms with Crippen molar-refractivity contribution in [3.05, 3.63) is 34.9 Å². The smallest absolute Gasteiger partial charge is 0.156 e. The van der Waals surface area contributed by atoms with Crippen LogP contribution in [0, 0.1) is 0 Å². The quantitative estimate of drug-likeness (QED) is 0.383. The predicted octanol–water partition coefficient (Wildman–Crippen LogP) is 2.44. The lowest BCUT2D eigenvalue weighted by Crippen LogP contribution is -2.47. The average molecular weight is 268 g/mol. The highest BCUT2D eigenvalue weighted by molar-refractivity contribution is 6.31. The molecule has 1 aliphatic heterocycles. The van der Waals surface area contributed by atoms with Crippen molar-refractivity contribution in [3.8, 4) is 0 Å². The summed E-state index contributed by atoms with van der Waals surface area (Å²) in [4.78, 5) is 2.22. The molecular formula is C13H18ClN3O. The number of rotatable bonds is 3. The molecular weight excluding hydrogens is 250 g/mol. The van der Waals surface area contributed by atoms with Crippen LogP contribution in [0.2, 0.25) is 5.02 Å². The van der Waals surface area contributed by atoms with Gasteiger partial charge in [0.1, 0.15) is 0 Å². The molecule has 0 saturated carbocycles. The largest absolute Gasteiger partial charge is 0.409 e. The molecule has 0 bridgehead atoms. The highest BCUT2D eigenvalue weighted by Gasteiger charge is 2.26. The molecule has 0 amide bonds. The molecule has 3 N–H and O–H groups in total. The monoisotopic (exact) mass is 267 g/mol. The number of amidine groups is 1. The second-order valence-electron chi connectivity index (χ2n) is 4.60. The Bertz CT molecular complexity index is 436. The molecule has 98 valence electrons. The van der Waals surface area contributed by atoms with Crippen LogP contribution in [0.5, 0.6) is 0 Å². The summed E-state index contributed by atoms with van der Waals surface area (Å²) >= 11 is 6.17. The Hall–Kier alpha value is -1.26. The van der Waals surface area contributed by atoms with E-state index in [1.807, 2.05) is 24.3 Å². The second-order valence-corrected chi connectivity index (χ2v) is 5.01. The van der Waals surface area contributed by atoms with Crippen molar-refractivity contribution < 1.29 is 5.21 Å². The van der Waals surface area contributed by atoms with Crippen molar-refractivity contribution in [2.45, 2.75) is 31.8 Å². The topological polar surface area (TPSA) is 61.9 Å². The van der Waals surface area contributed by atoms with Crippen molar-refractivity contribution in [3.63, 3.8) is 0 Å². The molecule has 1 heterocycles. The lowest BCUT2D eigenvalue weighted by Gasteiger charge is -2.34. The van der Waals surface area contributed by atoms with Gasteiger partial charge in [-0.2, -0.15) is 0 Å². The number of likely N-dealkylation sites (tertiary alicyclic amines) is 1. The summed E-state index contributed by atoms with van der Waals surface area (Å²) in [6.07, 6.45) is 3.18. The number of hydrogen-bond acceptors (Lipinski definition) is 3. The van der Waals surface area contributed by atoms with E-state index >= 15 is 0 Å². The maximum atomic E-state index is 8.84. The molecule has 18 heavy (non-hydrogen) atoms. The number of hydrogen-bond donors (Lipinski definition) is 2. The van der Waals surface area contributed by atoms with Gasteiger partial charge in [-0.15, -0.1) is 0 Å². The molecule has 1 aromatic carbocycles. The number of piperidine rings is 1. The Morgan fingerprint density at radius 1 is 1.44 bits per heavy atom. The number of oxime groups is 1. The Morgan fingerprint density at radius 2 is 2.22 bits per heavy atom. The third-order valence-electron chi connectivity index (χ3n) is 3.40. The maximum absolute atomic E-state index is 8.84. The van der Waals surface area contributed by atoms with Crippen LogP contribution in [0.15, 0.2) is 29.4 Å². The number of nitrogens with zero attached hydrogens (tertiary/aromatic N) is 2. The van der Waals surface area contributed by atoms with Gasteiger partial charge in [0, 0.05) is 11.6 Å². The fourth-order valence-electron chi connectivity index (χ4n) is 2.43. The Kier molecular flexibility index (Phi) is 4.44.